The Morgan fingerprint density at radius 2 is 2.12 bits per heavy atom. The van der Waals surface area contributed by atoms with Crippen LogP contribution in [0.5, 0.6) is 0 Å². The van der Waals surface area contributed by atoms with Gasteiger partial charge in [0.2, 0.25) is 5.91 Å². The minimum absolute atomic E-state index is 0.0606. The van der Waals surface area contributed by atoms with Gasteiger partial charge in [-0.15, -0.1) is 0 Å². The van der Waals surface area contributed by atoms with Crippen LogP contribution in [0.2, 0.25) is 0 Å². The van der Waals surface area contributed by atoms with Crippen molar-refractivity contribution in [3.63, 3.8) is 0 Å². The van der Waals surface area contributed by atoms with Crippen molar-refractivity contribution in [2.75, 3.05) is 19.5 Å². The molecule has 0 spiro atoms. The number of amides is 1. The van der Waals surface area contributed by atoms with E-state index < -0.39 is 5.54 Å². The first-order valence-corrected chi connectivity index (χ1v) is 5.58. The van der Waals surface area contributed by atoms with E-state index in [4.69, 9.17) is 4.74 Å². The zero-order valence-corrected chi connectivity index (χ0v) is 10.8. The van der Waals surface area contributed by atoms with Gasteiger partial charge in [0, 0.05) is 12.8 Å². The third kappa shape index (κ3) is 3.84. The van der Waals surface area contributed by atoms with Gasteiger partial charge in [-0.25, -0.2) is 0 Å². The molecule has 4 heteroatoms. The van der Waals surface area contributed by atoms with Gasteiger partial charge < -0.3 is 15.4 Å². The maximum Gasteiger partial charge on any atom is 0.244 e. The topological polar surface area (TPSA) is 50.4 Å². The van der Waals surface area contributed by atoms with Gasteiger partial charge in [0.25, 0.3) is 0 Å². The Bertz CT molecular complexity index is 389. The Balaban J connectivity index is 2.75. The van der Waals surface area contributed by atoms with E-state index in [1.165, 1.54) is 0 Å². The van der Waals surface area contributed by atoms with Crippen molar-refractivity contribution >= 4 is 11.6 Å². The fraction of sp³-hybridized carbons (Fsp3) is 0.462. The minimum atomic E-state index is -0.586. The van der Waals surface area contributed by atoms with Gasteiger partial charge in [0.1, 0.15) is 0 Å². The minimum Gasteiger partial charge on any atom is -0.380 e. The number of benzene rings is 1. The number of carbonyl (C=O) groups excluding carboxylic acids is 1. The molecule has 0 aromatic heterocycles. The van der Waals surface area contributed by atoms with Gasteiger partial charge >= 0.3 is 0 Å². The van der Waals surface area contributed by atoms with Gasteiger partial charge in [-0.1, -0.05) is 12.1 Å². The number of hydrogen-bond donors (Lipinski definition) is 2. The summed E-state index contributed by atoms with van der Waals surface area (Å²) in [6, 6.07) is 7.63. The number of hydrogen-bond acceptors (Lipinski definition) is 3. The summed E-state index contributed by atoms with van der Waals surface area (Å²) in [5.74, 6) is -0.0606. The van der Waals surface area contributed by atoms with E-state index in [0.717, 1.165) is 11.3 Å². The first-order valence-electron chi connectivity index (χ1n) is 5.58. The molecular weight excluding hydrogens is 216 g/mol. The lowest BCUT2D eigenvalue weighted by Gasteiger charge is -2.22. The average Bonchev–Trinajstić information content (AvgIpc) is 2.30. The van der Waals surface area contributed by atoms with Crippen LogP contribution in [0.25, 0.3) is 0 Å². The lowest BCUT2D eigenvalue weighted by molar-refractivity contribution is -0.121. The van der Waals surface area contributed by atoms with Gasteiger partial charge in [-0.3, -0.25) is 4.79 Å². The molecule has 4 nitrogen and oxygen atoms in total. The number of methoxy groups -OCH3 is 1. The molecule has 1 amide bonds. The van der Waals surface area contributed by atoms with E-state index in [2.05, 4.69) is 10.6 Å². The molecule has 0 atom stereocenters. The Hall–Kier alpha value is -1.39. The van der Waals surface area contributed by atoms with Crippen molar-refractivity contribution < 1.29 is 9.53 Å². The molecule has 0 saturated carbocycles. The molecule has 0 heterocycles. The van der Waals surface area contributed by atoms with E-state index in [9.17, 15) is 4.79 Å². The molecule has 2 N–H and O–H groups in total. The highest BCUT2D eigenvalue weighted by Crippen LogP contribution is 2.13. The van der Waals surface area contributed by atoms with Crippen LogP contribution in [-0.4, -0.2) is 25.6 Å². The highest BCUT2D eigenvalue weighted by Gasteiger charge is 2.24. The standard InChI is InChI=1S/C13H20N2O2/c1-13(2,14-3)12(16)15-11-7-5-6-10(8-11)9-17-4/h5-8,14H,9H2,1-4H3,(H,15,16). The van der Waals surface area contributed by atoms with Crippen LogP contribution >= 0.6 is 0 Å². The molecule has 0 aliphatic heterocycles. The van der Waals surface area contributed by atoms with Gasteiger partial charge in [0.15, 0.2) is 0 Å². The van der Waals surface area contributed by atoms with Gasteiger partial charge in [0.05, 0.1) is 12.1 Å². The van der Waals surface area contributed by atoms with Crippen molar-refractivity contribution in [1.82, 2.24) is 5.32 Å². The van der Waals surface area contributed by atoms with E-state index in [1.807, 2.05) is 38.1 Å². The molecule has 94 valence electrons. The van der Waals surface area contributed by atoms with Crippen LogP contribution in [0.1, 0.15) is 19.4 Å². The Morgan fingerprint density at radius 1 is 1.41 bits per heavy atom. The molecule has 0 saturated heterocycles. The van der Waals surface area contributed by atoms with Crippen LogP contribution in [0.3, 0.4) is 0 Å². The number of carbonyl (C=O) groups is 1. The predicted molar refractivity (Wildman–Crippen MR) is 68.9 cm³/mol. The highest BCUT2D eigenvalue weighted by molar-refractivity contribution is 5.97. The molecular formula is C13H20N2O2. The molecule has 0 aliphatic rings. The number of ether oxygens (including phenoxy) is 1. The number of likely N-dealkylation sites (N-methyl/N-ethyl adjacent to an activating group) is 1. The molecule has 1 aromatic rings. The number of anilines is 1. The molecule has 0 radical (unpaired) electrons. The summed E-state index contributed by atoms with van der Waals surface area (Å²) in [5, 5.41) is 5.84. The van der Waals surface area contributed by atoms with Crippen molar-refractivity contribution in [3.05, 3.63) is 29.8 Å². The molecule has 0 fully saturated rings. The quantitative estimate of drug-likeness (QED) is 0.819. The fourth-order valence-electron chi connectivity index (χ4n) is 1.31. The number of nitrogens with one attached hydrogen (secondary N) is 2. The van der Waals surface area contributed by atoms with Crippen LogP contribution in [0, 0.1) is 0 Å². The third-order valence-corrected chi connectivity index (χ3v) is 2.69. The van der Waals surface area contributed by atoms with Crippen LogP contribution in [0.15, 0.2) is 24.3 Å². The molecule has 17 heavy (non-hydrogen) atoms. The summed E-state index contributed by atoms with van der Waals surface area (Å²) in [5.41, 5.74) is 1.23. The van der Waals surface area contributed by atoms with Gasteiger partial charge in [-0.05, 0) is 38.6 Å². The monoisotopic (exact) mass is 236 g/mol. The fourth-order valence-corrected chi connectivity index (χ4v) is 1.31. The average molecular weight is 236 g/mol. The normalized spacial score (nSPS) is 11.3. The van der Waals surface area contributed by atoms with E-state index in [1.54, 1.807) is 14.2 Å². The second kappa shape index (κ2) is 5.80. The van der Waals surface area contributed by atoms with E-state index in [-0.39, 0.29) is 5.91 Å². The lowest BCUT2D eigenvalue weighted by atomic mass is 10.0. The Labute approximate surface area is 102 Å². The Kier molecular flexibility index (Phi) is 4.66. The summed E-state index contributed by atoms with van der Waals surface area (Å²) in [6.45, 7) is 4.21. The van der Waals surface area contributed by atoms with Crippen LogP contribution in [0.4, 0.5) is 5.69 Å². The highest BCUT2D eigenvalue weighted by atomic mass is 16.5. The summed E-state index contributed by atoms with van der Waals surface area (Å²) in [4.78, 5) is 11.9. The third-order valence-electron chi connectivity index (χ3n) is 2.69. The van der Waals surface area contributed by atoms with Crippen molar-refractivity contribution in [2.24, 2.45) is 0 Å². The largest absolute Gasteiger partial charge is 0.380 e. The lowest BCUT2D eigenvalue weighted by Crippen LogP contribution is -2.47. The Morgan fingerprint density at radius 3 is 2.71 bits per heavy atom. The van der Waals surface area contributed by atoms with Crippen molar-refractivity contribution in [1.29, 1.82) is 0 Å². The molecule has 1 aromatic carbocycles. The second-order valence-electron chi connectivity index (χ2n) is 4.46. The smallest absolute Gasteiger partial charge is 0.244 e. The van der Waals surface area contributed by atoms with E-state index in [0.29, 0.717) is 6.61 Å². The predicted octanol–water partition coefficient (Wildman–Crippen LogP) is 1.77. The first kappa shape index (κ1) is 13.7. The van der Waals surface area contributed by atoms with Crippen LogP contribution < -0.4 is 10.6 Å². The zero-order chi connectivity index (χ0) is 12.9. The second-order valence-corrected chi connectivity index (χ2v) is 4.46. The van der Waals surface area contributed by atoms with E-state index >= 15 is 0 Å². The van der Waals surface area contributed by atoms with Gasteiger partial charge in [-0.2, -0.15) is 0 Å². The maximum atomic E-state index is 11.9. The summed E-state index contributed by atoms with van der Waals surface area (Å²) < 4.78 is 5.05. The van der Waals surface area contributed by atoms with Crippen LogP contribution in [-0.2, 0) is 16.1 Å². The molecule has 1 rings (SSSR count). The van der Waals surface area contributed by atoms with Crippen molar-refractivity contribution in [2.45, 2.75) is 26.0 Å². The zero-order valence-electron chi connectivity index (χ0n) is 10.8. The number of rotatable bonds is 5. The summed E-state index contributed by atoms with van der Waals surface area (Å²) >= 11 is 0. The molecule has 0 unspecified atom stereocenters. The molecule has 0 bridgehead atoms. The van der Waals surface area contributed by atoms with Crippen molar-refractivity contribution in [3.8, 4) is 0 Å². The summed E-state index contributed by atoms with van der Waals surface area (Å²) in [7, 11) is 3.41. The summed E-state index contributed by atoms with van der Waals surface area (Å²) in [6.07, 6.45) is 0. The first-order chi connectivity index (χ1) is 7.99. The maximum absolute atomic E-state index is 11.9. The molecule has 0 aliphatic carbocycles. The SMILES string of the molecule is CNC(C)(C)C(=O)Nc1cccc(COC)c1.